The van der Waals surface area contributed by atoms with Crippen molar-refractivity contribution in [2.24, 2.45) is 0 Å². The number of amides is 1. The number of hydrogen-bond acceptors (Lipinski definition) is 5. The Labute approximate surface area is 116 Å². The molecular formula is C13H17N3O4. The Balaban J connectivity index is 2.11. The van der Waals surface area contributed by atoms with Crippen LogP contribution in [0.5, 0.6) is 0 Å². The number of benzene rings is 1. The Kier molecular flexibility index (Phi) is 4.52. The Hall–Kier alpha value is -2.15. The van der Waals surface area contributed by atoms with Gasteiger partial charge in [-0.25, -0.2) is 0 Å². The van der Waals surface area contributed by atoms with Gasteiger partial charge < -0.3 is 15.4 Å². The molecule has 0 bridgehead atoms. The van der Waals surface area contributed by atoms with Gasteiger partial charge in [0.1, 0.15) is 5.69 Å². The van der Waals surface area contributed by atoms with E-state index in [1.54, 1.807) is 12.1 Å². The van der Waals surface area contributed by atoms with Crippen molar-refractivity contribution in [1.29, 1.82) is 0 Å². The monoisotopic (exact) mass is 279 g/mol. The van der Waals surface area contributed by atoms with Gasteiger partial charge in [-0.3, -0.25) is 14.9 Å². The van der Waals surface area contributed by atoms with Crippen LogP contribution >= 0.6 is 0 Å². The van der Waals surface area contributed by atoms with Gasteiger partial charge in [0, 0.05) is 31.3 Å². The van der Waals surface area contributed by atoms with Crippen molar-refractivity contribution >= 4 is 17.3 Å². The Bertz CT molecular complexity index is 514. The summed E-state index contributed by atoms with van der Waals surface area (Å²) >= 11 is 0. The van der Waals surface area contributed by atoms with E-state index >= 15 is 0 Å². The molecule has 1 aliphatic carbocycles. The molecule has 1 aliphatic rings. The molecule has 1 aromatic rings. The van der Waals surface area contributed by atoms with Crippen molar-refractivity contribution in [3.05, 3.63) is 33.9 Å². The number of anilines is 1. The molecule has 0 atom stereocenters. The quantitative estimate of drug-likeness (QED) is 0.448. The molecule has 0 aromatic heterocycles. The van der Waals surface area contributed by atoms with Crippen LogP contribution in [0.15, 0.2) is 18.2 Å². The van der Waals surface area contributed by atoms with Crippen LogP contribution in [0.1, 0.15) is 23.2 Å². The van der Waals surface area contributed by atoms with Crippen molar-refractivity contribution < 1.29 is 14.5 Å². The van der Waals surface area contributed by atoms with Gasteiger partial charge in [0.05, 0.1) is 11.5 Å². The van der Waals surface area contributed by atoms with Crippen LogP contribution in [0.25, 0.3) is 0 Å². The fraction of sp³-hybridized carbons (Fsp3) is 0.462. The summed E-state index contributed by atoms with van der Waals surface area (Å²) in [6, 6.07) is 4.78. The van der Waals surface area contributed by atoms with Crippen LogP contribution in [0, 0.1) is 10.1 Å². The standard InChI is InChI=1S/C13H17N3O4/c1-20-7-6-14-13(17)9-2-5-11(15-10-3-4-10)12(8-9)16(18)19/h2,5,8,10,15H,3-4,6-7H2,1H3,(H,14,17). The average molecular weight is 279 g/mol. The molecule has 0 heterocycles. The van der Waals surface area contributed by atoms with E-state index < -0.39 is 4.92 Å². The highest BCUT2D eigenvalue weighted by Crippen LogP contribution is 2.31. The molecule has 1 fully saturated rings. The number of carbonyl (C=O) groups is 1. The smallest absolute Gasteiger partial charge is 0.293 e. The van der Waals surface area contributed by atoms with Crippen molar-refractivity contribution in [1.82, 2.24) is 5.32 Å². The van der Waals surface area contributed by atoms with Crippen LogP contribution in [0.2, 0.25) is 0 Å². The molecule has 1 amide bonds. The van der Waals surface area contributed by atoms with E-state index in [0.717, 1.165) is 12.8 Å². The molecule has 0 saturated heterocycles. The highest BCUT2D eigenvalue weighted by Gasteiger charge is 2.25. The zero-order valence-electron chi connectivity index (χ0n) is 11.2. The van der Waals surface area contributed by atoms with Gasteiger partial charge in [0.2, 0.25) is 0 Å². The summed E-state index contributed by atoms with van der Waals surface area (Å²) in [6.45, 7) is 0.764. The largest absolute Gasteiger partial charge is 0.383 e. The number of nitrogens with one attached hydrogen (secondary N) is 2. The summed E-state index contributed by atoms with van der Waals surface area (Å²) in [4.78, 5) is 22.4. The summed E-state index contributed by atoms with van der Waals surface area (Å²) in [5.41, 5.74) is 0.663. The number of nitro groups is 1. The molecule has 7 nitrogen and oxygen atoms in total. The minimum absolute atomic E-state index is 0.0729. The third kappa shape index (κ3) is 3.67. The van der Waals surface area contributed by atoms with Crippen LogP contribution in [-0.4, -0.2) is 37.1 Å². The Morgan fingerprint density at radius 2 is 2.25 bits per heavy atom. The maximum absolute atomic E-state index is 11.8. The van der Waals surface area contributed by atoms with Crippen LogP contribution in [-0.2, 0) is 4.74 Å². The SMILES string of the molecule is COCCNC(=O)c1ccc(NC2CC2)c([N+](=O)[O-])c1. The number of carbonyl (C=O) groups excluding carboxylic acids is 1. The van der Waals surface area contributed by atoms with Crippen LogP contribution in [0.3, 0.4) is 0 Å². The third-order valence-electron chi connectivity index (χ3n) is 2.99. The van der Waals surface area contributed by atoms with Crippen molar-refractivity contribution in [3.8, 4) is 0 Å². The Morgan fingerprint density at radius 3 is 2.85 bits per heavy atom. The lowest BCUT2D eigenvalue weighted by atomic mass is 10.1. The van der Waals surface area contributed by atoms with E-state index in [1.807, 2.05) is 0 Å². The molecule has 2 rings (SSSR count). The highest BCUT2D eigenvalue weighted by molar-refractivity contribution is 5.95. The first-order valence-corrected chi connectivity index (χ1v) is 6.44. The van der Waals surface area contributed by atoms with Crippen LogP contribution < -0.4 is 10.6 Å². The average Bonchev–Trinajstić information content (AvgIpc) is 3.23. The second kappa shape index (κ2) is 6.33. The molecule has 0 aliphatic heterocycles. The van der Waals surface area contributed by atoms with E-state index in [9.17, 15) is 14.9 Å². The van der Waals surface area contributed by atoms with E-state index in [2.05, 4.69) is 10.6 Å². The summed E-state index contributed by atoms with van der Waals surface area (Å²) in [6.07, 6.45) is 2.05. The maximum Gasteiger partial charge on any atom is 0.293 e. The lowest BCUT2D eigenvalue weighted by Gasteiger charge is -2.08. The minimum atomic E-state index is -0.476. The molecule has 0 radical (unpaired) electrons. The first kappa shape index (κ1) is 14.3. The first-order valence-electron chi connectivity index (χ1n) is 6.44. The van der Waals surface area contributed by atoms with Gasteiger partial charge in [-0.15, -0.1) is 0 Å². The third-order valence-corrected chi connectivity index (χ3v) is 2.99. The van der Waals surface area contributed by atoms with E-state index in [-0.39, 0.29) is 17.2 Å². The molecule has 0 unspecified atom stereocenters. The maximum atomic E-state index is 11.8. The number of rotatable bonds is 7. The summed E-state index contributed by atoms with van der Waals surface area (Å²) in [5, 5.41) is 16.8. The summed E-state index contributed by atoms with van der Waals surface area (Å²) < 4.78 is 4.83. The Morgan fingerprint density at radius 1 is 1.50 bits per heavy atom. The van der Waals surface area contributed by atoms with Gasteiger partial charge in [-0.1, -0.05) is 0 Å². The fourth-order valence-corrected chi connectivity index (χ4v) is 1.76. The lowest BCUT2D eigenvalue weighted by molar-refractivity contribution is -0.384. The summed E-state index contributed by atoms with van der Waals surface area (Å²) in [5.74, 6) is -0.344. The number of methoxy groups -OCH3 is 1. The molecule has 108 valence electrons. The fourth-order valence-electron chi connectivity index (χ4n) is 1.76. The minimum Gasteiger partial charge on any atom is -0.383 e. The van der Waals surface area contributed by atoms with Gasteiger partial charge in [0.15, 0.2) is 0 Å². The molecule has 7 heteroatoms. The number of ether oxygens (including phenoxy) is 1. The topological polar surface area (TPSA) is 93.5 Å². The molecular weight excluding hydrogens is 262 g/mol. The normalized spacial score (nSPS) is 13.8. The summed E-state index contributed by atoms with van der Waals surface area (Å²) in [7, 11) is 1.54. The van der Waals surface area contributed by atoms with Gasteiger partial charge in [0.25, 0.3) is 11.6 Å². The predicted octanol–water partition coefficient (Wildman–Crippen LogP) is 1.55. The first-order chi connectivity index (χ1) is 9.61. The van der Waals surface area contributed by atoms with E-state index in [4.69, 9.17) is 4.74 Å². The van der Waals surface area contributed by atoms with Crippen molar-refractivity contribution in [2.75, 3.05) is 25.6 Å². The van der Waals surface area contributed by atoms with Gasteiger partial charge in [-0.05, 0) is 25.0 Å². The van der Waals surface area contributed by atoms with E-state index in [0.29, 0.717) is 24.9 Å². The molecule has 1 saturated carbocycles. The molecule has 20 heavy (non-hydrogen) atoms. The van der Waals surface area contributed by atoms with Crippen molar-refractivity contribution in [3.63, 3.8) is 0 Å². The second-order valence-corrected chi connectivity index (χ2v) is 4.66. The van der Waals surface area contributed by atoms with Crippen LogP contribution in [0.4, 0.5) is 11.4 Å². The lowest BCUT2D eigenvalue weighted by Crippen LogP contribution is -2.27. The molecule has 2 N–H and O–H groups in total. The van der Waals surface area contributed by atoms with Crippen molar-refractivity contribution in [2.45, 2.75) is 18.9 Å². The van der Waals surface area contributed by atoms with E-state index in [1.165, 1.54) is 13.2 Å². The van der Waals surface area contributed by atoms with Gasteiger partial charge in [-0.2, -0.15) is 0 Å². The number of nitrogens with zero attached hydrogens (tertiary/aromatic N) is 1. The highest BCUT2D eigenvalue weighted by atomic mass is 16.6. The second-order valence-electron chi connectivity index (χ2n) is 4.66. The predicted molar refractivity (Wildman–Crippen MR) is 74.0 cm³/mol. The number of nitro benzene ring substituents is 1. The zero-order valence-corrected chi connectivity index (χ0v) is 11.2. The molecule has 0 spiro atoms. The number of hydrogen-bond donors (Lipinski definition) is 2. The molecule has 1 aromatic carbocycles. The van der Waals surface area contributed by atoms with Gasteiger partial charge >= 0.3 is 0 Å². The zero-order chi connectivity index (χ0) is 14.5.